The first-order chi connectivity index (χ1) is 17.0. The van der Waals surface area contributed by atoms with Crippen molar-refractivity contribution in [1.82, 2.24) is 15.5 Å². The number of hydrogen-bond acceptors (Lipinski definition) is 7. The van der Waals surface area contributed by atoms with Gasteiger partial charge in [-0.2, -0.15) is 0 Å². The Morgan fingerprint density at radius 1 is 1.00 bits per heavy atom. The van der Waals surface area contributed by atoms with Gasteiger partial charge >= 0.3 is 11.9 Å². The lowest BCUT2D eigenvalue weighted by Gasteiger charge is -2.28. The third-order valence-corrected chi connectivity index (χ3v) is 5.76. The lowest BCUT2D eigenvalue weighted by Crippen LogP contribution is -2.57. The summed E-state index contributed by atoms with van der Waals surface area (Å²) in [6, 6.07) is 3.74. The molecule has 4 amide bonds. The van der Waals surface area contributed by atoms with Crippen LogP contribution in [0.2, 0.25) is 0 Å². The van der Waals surface area contributed by atoms with E-state index in [9.17, 15) is 39.0 Å². The molecule has 0 spiro atoms. The van der Waals surface area contributed by atoms with Crippen LogP contribution < -0.4 is 22.1 Å². The van der Waals surface area contributed by atoms with Gasteiger partial charge in [0, 0.05) is 13.0 Å². The molecule has 0 aliphatic carbocycles. The Morgan fingerprint density at radius 3 is 2.22 bits per heavy atom. The molecule has 1 saturated heterocycles. The molecular weight excluding hydrogens is 474 g/mol. The van der Waals surface area contributed by atoms with Gasteiger partial charge in [-0.15, -0.1) is 0 Å². The average Bonchev–Trinajstić information content (AvgIpc) is 3.31. The van der Waals surface area contributed by atoms with E-state index in [0.717, 1.165) is 10.5 Å². The monoisotopic (exact) mass is 505 g/mol. The molecule has 1 aliphatic rings. The Hall–Kier alpha value is -4.00. The fourth-order valence-electron chi connectivity index (χ4n) is 3.93. The van der Waals surface area contributed by atoms with Crippen LogP contribution in [-0.2, 0) is 35.2 Å². The van der Waals surface area contributed by atoms with Gasteiger partial charge in [-0.1, -0.05) is 30.3 Å². The summed E-state index contributed by atoms with van der Waals surface area (Å²) in [5.41, 5.74) is 11.9. The first kappa shape index (κ1) is 28.2. The van der Waals surface area contributed by atoms with E-state index in [-0.39, 0.29) is 32.2 Å². The number of aliphatic carboxylic acids is 2. The van der Waals surface area contributed by atoms with Gasteiger partial charge in [0.15, 0.2) is 0 Å². The predicted molar refractivity (Wildman–Crippen MR) is 125 cm³/mol. The van der Waals surface area contributed by atoms with Gasteiger partial charge in [0.1, 0.15) is 18.1 Å². The molecule has 13 heteroatoms. The van der Waals surface area contributed by atoms with Gasteiger partial charge in [0.05, 0.1) is 12.5 Å². The normalized spacial score (nSPS) is 17.5. The highest BCUT2D eigenvalue weighted by molar-refractivity contribution is 5.96. The van der Waals surface area contributed by atoms with Gasteiger partial charge in [0.2, 0.25) is 23.6 Å². The van der Waals surface area contributed by atoms with Gasteiger partial charge < -0.3 is 37.2 Å². The Labute approximate surface area is 207 Å². The summed E-state index contributed by atoms with van der Waals surface area (Å²) in [4.78, 5) is 73.8. The Bertz CT molecular complexity index is 986. The van der Waals surface area contributed by atoms with Gasteiger partial charge in [-0.05, 0) is 31.2 Å². The molecule has 36 heavy (non-hydrogen) atoms. The van der Waals surface area contributed by atoms with Crippen LogP contribution in [0.5, 0.6) is 0 Å². The zero-order chi connectivity index (χ0) is 26.8. The number of carbonyl (C=O) groups is 6. The number of carboxylic acids is 2. The Kier molecular flexibility index (Phi) is 10.3. The van der Waals surface area contributed by atoms with Crippen molar-refractivity contribution in [2.45, 2.75) is 62.7 Å². The van der Waals surface area contributed by atoms with Crippen LogP contribution >= 0.6 is 0 Å². The third-order valence-electron chi connectivity index (χ3n) is 5.76. The predicted octanol–water partition coefficient (Wildman–Crippen LogP) is -1.66. The van der Waals surface area contributed by atoms with Crippen molar-refractivity contribution in [2.75, 3.05) is 6.54 Å². The van der Waals surface area contributed by atoms with Crippen molar-refractivity contribution in [3.63, 3.8) is 0 Å². The van der Waals surface area contributed by atoms with E-state index >= 15 is 0 Å². The van der Waals surface area contributed by atoms with Crippen molar-refractivity contribution < 1.29 is 39.0 Å². The van der Waals surface area contributed by atoms with Crippen molar-refractivity contribution in [1.29, 1.82) is 0 Å². The van der Waals surface area contributed by atoms with Gasteiger partial charge in [0.25, 0.3) is 0 Å². The molecule has 1 aliphatic heterocycles. The first-order valence-corrected chi connectivity index (χ1v) is 11.4. The number of nitrogens with zero attached hydrogens (tertiary/aromatic N) is 1. The topological polar surface area (TPSA) is 222 Å². The minimum absolute atomic E-state index is 0.138. The van der Waals surface area contributed by atoms with Crippen LogP contribution in [0.25, 0.3) is 0 Å². The molecule has 1 aromatic rings. The highest BCUT2D eigenvalue weighted by atomic mass is 16.4. The summed E-state index contributed by atoms with van der Waals surface area (Å²) >= 11 is 0. The minimum Gasteiger partial charge on any atom is -0.481 e. The number of likely N-dealkylation sites (tertiary alicyclic amines) is 1. The number of carbonyl (C=O) groups excluding carboxylic acids is 4. The van der Waals surface area contributed by atoms with E-state index in [1.165, 1.54) is 0 Å². The summed E-state index contributed by atoms with van der Waals surface area (Å²) in [5.74, 6) is -5.85. The highest BCUT2D eigenvalue weighted by Gasteiger charge is 2.38. The molecule has 0 bridgehead atoms. The van der Waals surface area contributed by atoms with E-state index in [1.807, 2.05) is 0 Å². The van der Waals surface area contributed by atoms with E-state index < -0.39 is 66.2 Å². The van der Waals surface area contributed by atoms with Gasteiger partial charge in [-0.3, -0.25) is 24.0 Å². The maximum atomic E-state index is 13.1. The summed E-state index contributed by atoms with van der Waals surface area (Å²) in [6.45, 7) is 0.141. The lowest BCUT2D eigenvalue weighted by atomic mass is 10.0. The number of carboxylic acid groups (broad SMARTS) is 2. The van der Waals surface area contributed by atoms with Crippen LogP contribution in [-0.4, -0.2) is 81.4 Å². The van der Waals surface area contributed by atoms with Crippen LogP contribution in [0.3, 0.4) is 0 Å². The zero-order valence-corrected chi connectivity index (χ0v) is 19.6. The van der Waals surface area contributed by atoms with E-state index in [1.54, 1.807) is 30.3 Å². The molecule has 1 heterocycles. The van der Waals surface area contributed by atoms with Crippen LogP contribution in [0.1, 0.15) is 37.7 Å². The highest BCUT2D eigenvalue weighted by Crippen LogP contribution is 2.19. The van der Waals surface area contributed by atoms with Gasteiger partial charge in [-0.25, -0.2) is 4.79 Å². The SMILES string of the molecule is NC(=O)CCC(NC(=O)C(CC(=O)O)NC(=O)C(N)Cc1ccccc1)C(=O)N1CCCC1C(=O)O. The molecule has 1 fully saturated rings. The average molecular weight is 506 g/mol. The molecule has 196 valence electrons. The molecule has 2 rings (SSSR count). The van der Waals surface area contributed by atoms with Crippen LogP contribution in [0.15, 0.2) is 30.3 Å². The molecule has 0 saturated carbocycles. The summed E-state index contributed by atoms with van der Waals surface area (Å²) in [6.07, 6.45) is -0.512. The summed E-state index contributed by atoms with van der Waals surface area (Å²) in [5, 5.41) is 23.3. The molecule has 0 radical (unpaired) electrons. The largest absolute Gasteiger partial charge is 0.481 e. The fourth-order valence-corrected chi connectivity index (χ4v) is 3.93. The standard InChI is InChI=1S/C23H31N5O8/c24-14(11-13-5-2-1-3-6-13)20(32)27-16(12-19(30)31)21(33)26-15(8-9-18(25)29)22(34)28-10-4-7-17(28)23(35)36/h1-3,5-6,14-17H,4,7-12,24H2,(H2,25,29)(H,26,33)(H,27,32)(H,30,31)(H,35,36). The molecule has 4 atom stereocenters. The van der Waals surface area contributed by atoms with E-state index in [0.29, 0.717) is 6.42 Å². The fraction of sp³-hybridized carbons (Fsp3) is 0.478. The lowest BCUT2D eigenvalue weighted by molar-refractivity contribution is -0.150. The van der Waals surface area contributed by atoms with Crippen molar-refractivity contribution in [3.8, 4) is 0 Å². The van der Waals surface area contributed by atoms with Crippen LogP contribution in [0, 0.1) is 0 Å². The smallest absolute Gasteiger partial charge is 0.326 e. The number of amides is 4. The number of rotatable bonds is 13. The molecule has 0 aromatic heterocycles. The second kappa shape index (κ2) is 13.2. The van der Waals surface area contributed by atoms with E-state index in [4.69, 9.17) is 11.5 Å². The van der Waals surface area contributed by atoms with Crippen molar-refractivity contribution >= 4 is 35.6 Å². The third kappa shape index (κ3) is 8.34. The zero-order valence-electron chi connectivity index (χ0n) is 19.6. The molecule has 1 aromatic carbocycles. The Balaban J connectivity index is 2.15. The van der Waals surface area contributed by atoms with Crippen molar-refractivity contribution in [3.05, 3.63) is 35.9 Å². The maximum Gasteiger partial charge on any atom is 0.326 e. The van der Waals surface area contributed by atoms with Crippen LogP contribution in [0.4, 0.5) is 0 Å². The number of primary amides is 1. The summed E-state index contributed by atoms with van der Waals surface area (Å²) < 4.78 is 0. The number of nitrogens with two attached hydrogens (primary N) is 2. The molecular formula is C23H31N5O8. The number of nitrogens with one attached hydrogen (secondary N) is 2. The molecule has 4 unspecified atom stereocenters. The first-order valence-electron chi connectivity index (χ1n) is 11.4. The maximum absolute atomic E-state index is 13.1. The Morgan fingerprint density at radius 2 is 1.64 bits per heavy atom. The number of hydrogen-bond donors (Lipinski definition) is 6. The molecule has 8 N–H and O–H groups in total. The summed E-state index contributed by atoms with van der Waals surface area (Å²) in [7, 11) is 0. The second-order valence-electron chi connectivity index (χ2n) is 8.55. The quantitative estimate of drug-likeness (QED) is 0.180. The minimum atomic E-state index is -1.57. The molecule has 13 nitrogen and oxygen atoms in total. The van der Waals surface area contributed by atoms with E-state index in [2.05, 4.69) is 10.6 Å². The second-order valence-corrected chi connectivity index (χ2v) is 8.55. The number of benzene rings is 1. The van der Waals surface area contributed by atoms with Crippen molar-refractivity contribution in [2.24, 2.45) is 11.5 Å².